The molecule has 102 valence electrons. The molecule has 0 spiro atoms. The Morgan fingerprint density at radius 3 is 2.39 bits per heavy atom. The molecule has 1 rings (SSSR count). The maximum absolute atomic E-state index is 11.3. The van der Waals surface area contributed by atoms with Crippen molar-refractivity contribution in [2.24, 2.45) is 5.14 Å². The third-order valence-electron chi connectivity index (χ3n) is 3.16. The van der Waals surface area contributed by atoms with E-state index in [1.807, 2.05) is 13.0 Å². The average Bonchev–Trinajstić information content (AvgIpc) is 2.34. The molecule has 0 radical (unpaired) electrons. The minimum atomic E-state index is -3.63. The zero-order valence-corrected chi connectivity index (χ0v) is 12.0. The van der Waals surface area contributed by atoms with Crippen LogP contribution in [0.4, 0.5) is 0 Å². The van der Waals surface area contributed by atoms with Gasteiger partial charge in [0.05, 0.1) is 4.90 Å². The van der Waals surface area contributed by atoms with Gasteiger partial charge >= 0.3 is 0 Å². The van der Waals surface area contributed by atoms with Gasteiger partial charge in [-0.2, -0.15) is 0 Å². The standard InChI is InChI=1S/C13H22N2O2S/c1-4-12(5-2)15-10(3)11-7-6-8-13(9-11)18(14,16)17/h6-10,12,15H,4-5H2,1-3H3,(H2,14,16,17). The van der Waals surface area contributed by atoms with Crippen LogP contribution < -0.4 is 10.5 Å². The Bertz CT molecular complexity index is 482. The Hall–Kier alpha value is -0.910. The van der Waals surface area contributed by atoms with Crippen molar-refractivity contribution in [2.75, 3.05) is 0 Å². The van der Waals surface area contributed by atoms with E-state index in [4.69, 9.17) is 5.14 Å². The van der Waals surface area contributed by atoms with Crippen LogP contribution in [0.5, 0.6) is 0 Å². The number of hydrogen-bond acceptors (Lipinski definition) is 3. The quantitative estimate of drug-likeness (QED) is 0.832. The number of benzene rings is 1. The van der Waals surface area contributed by atoms with Crippen LogP contribution in [0.2, 0.25) is 0 Å². The van der Waals surface area contributed by atoms with Gasteiger partial charge in [0.1, 0.15) is 0 Å². The van der Waals surface area contributed by atoms with E-state index >= 15 is 0 Å². The summed E-state index contributed by atoms with van der Waals surface area (Å²) in [6, 6.07) is 7.34. The van der Waals surface area contributed by atoms with Gasteiger partial charge < -0.3 is 5.32 Å². The van der Waals surface area contributed by atoms with Crippen molar-refractivity contribution in [3.05, 3.63) is 29.8 Å². The minimum absolute atomic E-state index is 0.108. The number of sulfonamides is 1. The third kappa shape index (κ3) is 4.08. The third-order valence-corrected chi connectivity index (χ3v) is 4.07. The molecule has 0 aliphatic carbocycles. The predicted octanol–water partition coefficient (Wildman–Crippen LogP) is 2.17. The van der Waals surface area contributed by atoms with E-state index < -0.39 is 10.0 Å². The summed E-state index contributed by atoms with van der Waals surface area (Å²) in [4.78, 5) is 0.165. The molecule has 5 heteroatoms. The highest BCUT2D eigenvalue weighted by molar-refractivity contribution is 7.89. The number of primary sulfonamides is 1. The van der Waals surface area contributed by atoms with Crippen LogP contribution in [0.3, 0.4) is 0 Å². The number of nitrogens with one attached hydrogen (secondary N) is 1. The Labute approximate surface area is 110 Å². The van der Waals surface area contributed by atoms with Gasteiger partial charge in [-0.15, -0.1) is 0 Å². The topological polar surface area (TPSA) is 72.2 Å². The molecule has 0 bridgehead atoms. The Balaban J connectivity index is 2.90. The summed E-state index contributed by atoms with van der Waals surface area (Å²) >= 11 is 0. The number of hydrogen-bond donors (Lipinski definition) is 2. The second-order valence-corrected chi connectivity index (χ2v) is 6.08. The van der Waals surface area contributed by atoms with Gasteiger partial charge in [0, 0.05) is 12.1 Å². The second-order valence-electron chi connectivity index (χ2n) is 4.52. The lowest BCUT2D eigenvalue weighted by Crippen LogP contribution is -2.30. The molecule has 0 saturated heterocycles. The van der Waals surface area contributed by atoms with Gasteiger partial charge in [0.15, 0.2) is 0 Å². The lowest BCUT2D eigenvalue weighted by atomic mass is 10.1. The monoisotopic (exact) mass is 270 g/mol. The fourth-order valence-electron chi connectivity index (χ4n) is 1.94. The summed E-state index contributed by atoms with van der Waals surface area (Å²) in [6.07, 6.45) is 2.10. The fourth-order valence-corrected chi connectivity index (χ4v) is 2.50. The molecule has 0 saturated carbocycles. The van der Waals surface area contributed by atoms with Crippen molar-refractivity contribution in [3.8, 4) is 0 Å². The maximum Gasteiger partial charge on any atom is 0.238 e. The van der Waals surface area contributed by atoms with Gasteiger partial charge in [-0.25, -0.2) is 13.6 Å². The van der Waals surface area contributed by atoms with Crippen LogP contribution in [0, 0.1) is 0 Å². The second kappa shape index (κ2) is 6.31. The summed E-state index contributed by atoms with van der Waals surface area (Å²) in [7, 11) is -3.63. The first kappa shape index (κ1) is 15.1. The normalized spacial score (nSPS) is 13.8. The number of rotatable bonds is 6. The molecule has 3 N–H and O–H groups in total. The molecule has 0 aliphatic heterocycles. The average molecular weight is 270 g/mol. The summed E-state index contributed by atoms with van der Waals surface area (Å²) in [6.45, 7) is 6.30. The van der Waals surface area contributed by atoms with E-state index in [9.17, 15) is 8.42 Å². The molecule has 0 amide bonds. The molecule has 1 atom stereocenters. The number of nitrogens with two attached hydrogens (primary N) is 1. The zero-order valence-electron chi connectivity index (χ0n) is 11.2. The molecule has 1 unspecified atom stereocenters. The molecule has 18 heavy (non-hydrogen) atoms. The molecular formula is C13H22N2O2S. The summed E-state index contributed by atoms with van der Waals surface area (Å²) in [5.74, 6) is 0. The highest BCUT2D eigenvalue weighted by Crippen LogP contribution is 2.18. The molecule has 1 aromatic carbocycles. The molecular weight excluding hydrogens is 248 g/mol. The van der Waals surface area contributed by atoms with Gasteiger partial charge in [-0.05, 0) is 37.5 Å². The van der Waals surface area contributed by atoms with Crippen molar-refractivity contribution >= 4 is 10.0 Å². The fraction of sp³-hybridized carbons (Fsp3) is 0.538. The van der Waals surface area contributed by atoms with E-state index in [0.29, 0.717) is 6.04 Å². The molecule has 0 fully saturated rings. The highest BCUT2D eigenvalue weighted by Gasteiger charge is 2.13. The van der Waals surface area contributed by atoms with Crippen molar-refractivity contribution in [1.29, 1.82) is 0 Å². The van der Waals surface area contributed by atoms with E-state index in [2.05, 4.69) is 19.2 Å². The van der Waals surface area contributed by atoms with Gasteiger partial charge in [-0.1, -0.05) is 26.0 Å². The molecule has 0 heterocycles. The van der Waals surface area contributed by atoms with Crippen LogP contribution in [0.25, 0.3) is 0 Å². The van der Waals surface area contributed by atoms with Crippen molar-refractivity contribution < 1.29 is 8.42 Å². The van der Waals surface area contributed by atoms with E-state index in [-0.39, 0.29) is 10.9 Å². The molecule has 0 aromatic heterocycles. The summed E-state index contributed by atoms with van der Waals surface area (Å²) < 4.78 is 22.6. The summed E-state index contributed by atoms with van der Waals surface area (Å²) in [5, 5.41) is 8.61. The SMILES string of the molecule is CCC(CC)NC(C)c1cccc(S(N)(=O)=O)c1. The first-order valence-corrected chi connectivity index (χ1v) is 7.81. The smallest absolute Gasteiger partial charge is 0.238 e. The van der Waals surface area contributed by atoms with Gasteiger partial charge in [0.25, 0.3) is 0 Å². The Morgan fingerprint density at radius 1 is 1.28 bits per heavy atom. The molecule has 0 aliphatic rings. The van der Waals surface area contributed by atoms with E-state index in [0.717, 1.165) is 18.4 Å². The summed E-state index contributed by atoms with van der Waals surface area (Å²) in [5.41, 5.74) is 0.938. The van der Waals surface area contributed by atoms with Crippen LogP contribution in [0.15, 0.2) is 29.2 Å². The lowest BCUT2D eigenvalue weighted by molar-refractivity contribution is 0.432. The maximum atomic E-state index is 11.3. The Morgan fingerprint density at radius 2 is 1.89 bits per heavy atom. The van der Waals surface area contributed by atoms with Crippen LogP contribution in [-0.4, -0.2) is 14.5 Å². The molecule has 1 aromatic rings. The minimum Gasteiger partial charge on any atom is -0.307 e. The first-order valence-electron chi connectivity index (χ1n) is 6.27. The van der Waals surface area contributed by atoms with Crippen molar-refractivity contribution in [3.63, 3.8) is 0 Å². The van der Waals surface area contributed by atoms with E-state index in [1.54, 1.807) is 12.1 Å². The van der Waals surface area contributed by atoms with Crippen molar-refractivity contribution in [2.45, 2.75) is 50.6 Å². The van der Waals surface area contributed by atoms with Crippen LogP contribution in [0.1, 0.15) is 45.2 Å². The largest absolute Gasteiger partial charge is 0.307 e. The molecule has 4 nitrogen and oxygen atoms in total. The van der Waals surface area contributed by atoms with Gasteiger partial charge in [0.2, 0.25) is 10.0 Å². The van der Waals surface area contributed by atoms with Crippen LogP contribution in [-0.2, 0) is 10.0 Å². The first-order chi connectivity index (χ1) is 8.38. The van der Waals surface area contributed by atoms with E-state index in [1.165, 1.54) is 6.07 Å². The Kier molecular flexibility index (Phi) is 5.31. The van der Waals surface area contributed by atoms with Gasteiger partial charge in [-0.3, -0.25) is 0 Å². The van der Waals surface area contributed by atoms with Crippen molar-refractivity contribution in [1.82, 2.24) is 5.32 Å². The predicted molar refractivity (Wildman–Crippen MR) is 73.7 cm³/mol. The highest BCUT2D eigenvalue weighted by atomic mass is 32.2. The van der Waals surface area contributed by atoms with Crippen LogP contribution >= 0.6 is 0 Å². The lowest BCUT2D eigenvalue weighted by Gasteiger charge is -2.21. The zero-order chi connectivity index (χ0) is 13.8.